The van der Waals surface area contributed by atoms with Crippen molar-refractivity contribution in [2.24, 2.45) is 0 Å². The summed E-state index contributed by atoms with van der Waals surface area (Å²) in [5.74, 6) is 0.772. The van der Waals surface area contributed by atoms with E-state index in [0.29, 0.717) is 11.0 Å². The summed E-state index contributed by atoms with van der Waals surface area (Å²) in [4.78, 5) is 16.3. The van der Waals surface area contributed by atoms with E-state index in [4.69, 9.17) is 0 Å². The van der Waals surface area contributed by atoms with E-state index in [1.54, 1.807) is 12.4 Å². The lowest BCUT2D eigenvalue weighted by atomic mass is 10.1. The molecule has 1 amide bonds. The number of aromatic nitrogens is 4. The van der Waals surface area contributed by atoms with Crippen LogP contribution in [0.25, 0.3) is 17.1 Å². The number of thioether (sulfide) groups is 1. The van der Waals surface area contributed by atoms with Crippen LogP contribution in [0.3, 0.4) is 0 Å². The molecule has 0 spiro atoms. The van der Waals surface area contributed by atoms with Gasteiger partial charge in [0.25, 0.3) is 0 Å². The predicted molar refractivity (Wildman–Crippen MR) is 104 cm³/mol. The minimum absolute atomic E-state index is 0.0644. The topological polar surface area (TPSA) is 72.7 Å². The highest BCUT2D eigenvalue weighted by Gasteiger charge is 2.27. The lowest BCUT2D eigenvalue weighted by Gasteiger charge is -2.21. The van der Waals surface area contributed by atoms with Gasteiger partial charge >= 0.3 is 0 Å². The van der Waals surface area contributed by atoms with Gasteiger partial charge in [-0.3, -0.25) is 14.3 Å². The molecule has 132 valence electrons. The second kappa shape index (κ2) is 7.59. The van der Waals surface area contributed by atoms with Crippen LogP contribution in [-0.2, 0) is 4.79 Å². The molecule has 0 saturated carbocycles. The van der Waals surface area contributed by atoms with Gasteiger partial charge in [0.2, 0.25) is 5.91 Å². The number of carbonyl (C=O) groups is 1. The Morgan fingerprint density at radius 2 is 2.04 bits per heavy atom. The average Bonchev–Trinajstić information content (AvgIpc) is 3.09. The Bertz CT molecular complexity index is 913. The predicted octanol–water partition coefficient (Wildman–Crippen LogP) is 3.46. The molecule has 0 radical (unpaired) electrons. The summed E-state index contributed by atoms with van der Waals surface area (Å²) in [5, 5.41) is 12.2. The van der Waals surface area contributed by atoms with E-state index in [-0.39, 0.29) is 11.2 Å². The molecule has 3 heterocycles. The zero-order valence-corrected chi connectivity index (χ0v) is 16.2. The minimum atomic E-state index is -0.149. The molecule has 8 heteroatoms. The molecule has 3 aromatic rings. The first-order chi connectivity index (χ1) is 12.7. The smallest absolute Gasteiger partial charge is 0.233 e. The molecular weight excluding hydrogens is 414 g/mol. The van der Waals surface area contributed by atoms with Crippen molar-refractivity contribution in [3.05, 3.63) is 53.3 Å². The number of hydrogen-bond acceptors (Lipinski definition) is 5. The van der Waals surface area contributed by atoms with Gasteiger partial charge in [-0.2, -0.15) is 0 Å². The number of piperidine rings is 1. The molecule has 1 saturated heterocycles. The normalized spacial score (nSPS) is 17.1. The fourth-order valence-electron chi connectivity index (χ4n) is 2.83. The van der Waals surface area contributed by atoms with Crippen LogP contribution in [0.1, 0.15) is 12.8 Å². The van der Waals surface area contributed by atoms with Crippen molar-refractivity contribution in [3.8, 4) is 17.1 Å². The van der Waals surface area contributed by atoms with Crippen LogP contribution in [0.5, 0.6) is 0 Å². The van der Waals surface area contributed by atoms with Gasteiger partial charge in [-0.25, -0.2) is 0 Å². The van der Waals surface area contributed by atoms with Gasteiger partial charge in [-0.15, -0.1) is 10.2 Å². The maximum Gasteiger partial charge on any atom is 0.233 e. The van der Waals surface area contributed by atoms with Crippen LogP contribution in [-0.4, -0.2) is 37.5 Å². The van der Waals surface area contributed by atoms with Crippen molar-refractivity contribution in [2.45, 2.75) is 23.2 Å². The summed E-state index contributed by atoms with van der Waals surface area (Å²) in [6.45, 7) is 0.746. The molecule has 1 aliphatic heterocycles. The quantitative estimate of drug-likeness (QED) is 0.687. The Hall–Kier alpha value is -2.19. The van der Waals surface area contributed by atoms with E-state index in [2.05, 4.69) is 36.4 Å². The third kappa shape index (κ3) is 3.52. The van der Waals surface area contributed by atoms with Crippen molar-refractivity contribution in [3.63, 3.8) is 0 Å². The zero-order valence-electron chi connectivity index (χ0n) is 13.8. The Morgan fingerprint density at radius 1 is 1.19 bits per heavy atom. The number of halogens is 1. The van der Waals surface area contributed by atoms with Gasteiger partial charge in [0.1, 0.15) is 0 Å². The summed E-state index contributed by atoms with van der Waals surface area (Å²) in [7, 11) is 0. The zero-order chi connectivity index (χ0) is 17.9. The number of benzene rings is 1. The molecule has 2 aromatic heterocycles. The number of nitrogens with zero attached hydrogens (tertiary/aromatic N) is 4. The van der Waals surface area contributed by atoms with Crippen molar-refractivity contribution >= 4 is 33.6 Å². The Kier molecular flexibility index (Phi) is 5.03. The van der Waals surface area contributed by atoms with Gasteiger partial charge in [0.05, 0.1) is 5.25 Å². The van der Waals surface area contributed by atoms with Gasteiger partial charge in [0, 0.05) is 34.7 Å². The Labute approximate surface area is 163 Å². The highest BCUT2D eigenvalue weighted by molar-refractivity contribution is 9.10. The maximum absolute atomic E-state index is 12.2. The Morgan fingerprint density at radius 3 is 2.77 bits per heavy atom. The Balaban J connectivity index is 1.77. The molecule has 1 unspecified atom stereocenters. The lowest BCUT2D eigenvalue weighted by Crippen LogP contribution is -2.38. The fourth-order valence-corrected chi connectivity index (χ4v) is 4.21. The van der Waals surface area contributed by atoms with Crippen LogP contribution in [0.15, 0.2) is 58.4 Å². The molecule has 4 rings (SSSR count). The first kappa shape index (κ1) is 17.2. The van der Waals surface area contributed by atoms with E-state index in [0.717, 1.165) is 35.1 Å². The van der Waals surface area contributed by atoms with Crippen LogP contribution in [0.4, 0.5) is 0 Å². The van der Waals surface area contributed by atoms with Gasteiger partial charge < -0.3 is 5.32 Å². The molecule has 6 nitrogen and oxygen atoms in total. The van der Waals surface area contributed by atoms with Crippen molar-refractivity contribution in [1.82, 2.24) is 25.1 Å². The van der Waals surface area contributed by atoms with Crippen LogP contribution in [0, 0.1) is 0 Å². The largest absolute Gasteiger partial charge is 0.355 e. The highest BCUT2D eigenvalue weighted by Crippen LogP contribution is 2.32. The van der Waals surface area contributed by atoms with E-state index >= 15 is 0 Å². The third-order valence-corrected chi connectivity index (χ3v) is 5.86. The van der Waals surface area contributed by atoms with E-state index in [1.807, 2.05) is 41.0 Å². The molecule has 1 fully saturated rings. The van der Waals surface area contributed by atoms with Crippen LogP contribution < -0.4 is 5.32 Å². The number of hydrogen-bond donors (Lipinski definition) is 1. The van der Waals surface area contributed by atoms with E-state index < -0.39 is 0 Å². The summed E-state index contributed by atoms with van der Waals surface area (Å²) < 4.78 is 2.98. The number of amides is 1. The molecule has 1 aliphatic rings. The van der Waals surface area contributed by atoms with Crippen LogP contribution in [0.2, 0.25) is 0 Å². The highest BCUT2D eigenvalue weighted by atomic mass is 79.9. The summed E-state index contributed by atoms with van der Waals surface area (Å²) in [5.41, 5.74) is 1.82. The summed E-state index contributed by atoms with van der Waals surface area (Å²) >= 11 is 4.93. The lowest BCUT2D eigenvalue weighted by molar-refractivity contribution is -0.121. The first-order valence-corrected chi connectivity index (χ1v) is 9.96. The van der Waals surface area contributed by atoms with Crippen molar-refractivity contribution in [1.29, 1.82) is 0 Å². The molecule has 0 bridgehead atoms. The van der Waals surface area contributed by atoms with E-state index in [1.165, 1.54) is 11.8 Å². The number of nitrogens with one attached hydrogen (secondary N) is 1. The fraction of sp³-hybridized carbons (Fsp3) is 0.222. The SMILES string of the molecule is O=C1NCCCC1Sc1nnc(-c2cccnc2)n1-c1ccc(Br)cc1. The standard InChI is InChI=1S/C18H16BrN5OS/c19-13-5-7-14(8-6-13)24-16(12-3-1-9-20-11-12)22-23-18(24)26-15-4-2-10-21-17(15)25/h1,3,5-9,11,15H,2,4,10H2,(H,21,25). The monoisotopic (exact) mass is 429 g/mol. The third-order valence-electron chi connectivity index (χ3n) is 4.12. The molecule has 1 aromatic carbocycles. The molecule has 0 aliphatic carbocycles. The number of pyridine rings is 1. The van der Waals surface area contributed by atoms with Crippen molar-refractivity contribution in [2.75, 3.05) is 6.54 Å². The number of rotatable bonds is 4. The molecule has 1 atom stereocenters. The summed E-state index contributed by atoms with van der Waals surface area (Å²) in [6, 6.07) is 11.8. The average molecular weight is 430 g/mol. The van der Waals surface area contributed by atoms with Gasteiger partial charge in [-0.05, 0) is 49.2 Å². The maximum atomic E-state index is 12.2. The second-order valence-corrected chi connectivity index (χ2v) is 7.99. The molecule has 26 heavy (non-hydrogen) atoms. The van der Waals surface area contributed by atoms with Gasteiger partial charge in [-0.1, -0.05) is 27.7 Å². The first-order valence-electron chi connectivity index (χ1n) is 8.28. The number of carbonyl (C=O) groups excluding carboxylic acids is 1. The molecule has 1 N–H and O–H groups in total. The summed E-state index contributed by atoms with van der Waals surface area (Å²) in [6.07, 6.45) is 5.31. The second-order valence-electron chi connectivity index (χ2n) is 5.90. The van der Waals surface area contributed by atoms with Crippen molar-refractivity contribution < 1.29 is 4.79 Å². The minimum Gasteiger partial charge on any atom is -0.355 e. The van der Waals surface area contributed by atoms with Gasteiger partial charge in [0.15, 0.2) is 11.0 Å². The van der Waals surface area contributed by atoms with Crippen LogP contribution >= 0.6 is 27.7 Å². The molecular formula is C18H16BrN5OS. The van der Waals surface area contributed by atoms with E-state index in [9.17, 15) is 4.79 Å².